The van der Waals surface area contributed by atoms with Gasteiger partial charge in [-0.05, 0) is 78.0 Å². The van der Waals surface area contributed by atoms with Gasteiger partial charge in [0.1, 0.15) is 6.61 Å². The van der Waals surface area contributed by atoms with Gasteiger partial charge in [-0.2, -0.15) is 0 Å². The van der Waals surface area contributed by atoms with E-state index in [2.05, 4.69) is 64.6 Å². The van der Waals surface area contributed by atoms with E-state index in [1.807, 2.05) is 19.1 Å². The minimum Gasteiger partial charge on any atom is -0.490 e. The van der Waals surface area contributed by atoms with Crippen molar-refractivity contribution < 1.29 is 9.47 Å². The van der Waals surface area contributed by atoms with Crippen molar-refractivity contribution in [3.05, 3.63) is 91.9 Å². The summed E-state index contributed by atoms with van der Waals surface area (Å²) < 4.78 is 12.8. The number of hydrogen-bond acceptors (Lipinski definition) is 3. The molecule has 0 fully saturated rings. The first-order chi connectivity index (χ1) is 15.5. The lowest BCUT2D eigenvalue weighted by atomic mass is 10.1. The van der Waals surface area contributed by atoms with E-state index in [0.717, 1.165) is 35.0 Å². The third-order valence-corrected chi connectivity index (χ3v) is 6.30. The highest BCUT2D eigenvalue weighted by Crippen LogP contribution is 2.38. The summed E-state index contributed by atoms with van der Waals surface area (Å²) in [4.78, 5) is 0. The van der Waals surface area contributed by atoms with Crippen molar-refractivity contribution in [3.63, 3.8) is 0 Å². The topological polar surface area (TPSA) is 30.5 Å². The van der Waals surface area contributed by atoms with Crippen molar-refractivity contribution in [3.8, 4) is 11.5 Å². The normalized spacial score (nSPS) is 11.9. The Morgan fingerprint density at radius 1 is 0.969 bits per heavy atom. The van der Waals surface area contributed by atoms with Crippen LogP contribution in [0.5, 0.6) is 11.5 Å². The lowest BCUT2D eigenvalue weighted by Gasteiger charge is -2.18. The number of nitrogens with one attached hydrogen (secondary N) is 1. The maximum absolute atomic E-state index is 6.28. The van der Waals surface area contributed by atoms with E-state index in [4.69, 9.17) is 32.7 Å². The molecular formula is C26H28BrCl2NO2. The molecule has 0 spiro atoms. The molecule has 3 aromatic rings. The Morgan fingerprint density at radius 3 is 2.47 bits per heavy atom. The zero-order valence-corrected chi connectivity index (χ0v) is 21.4. The highest BCUT2D eigenvalue weighted by molar-refractivity contribution is 9.10. The van der Waals surface area contributed by atoms with E-state index in [-0.39, 0.29) is 0 Å². The van der Waals surface area contributed by atoms with Crippen LogP contribution in [0.3, 0.4) is 0 Å². The molecule has 170 valence electrons. The van der Waals surface area contributed by atoms with Crippen LogP contribution >= 0.6 is 39.1 Å². The average molecular weight is 537 g/mol. The van der Waals surface area contributed by atoms with Crippen LogP contribution in [-0.4, -0.2) is 12.6 Å². The van der Waals surface area contributed by atoms with Crippen LogP contribution in [0, 0.1) is 0 Å². The Bertz CT molecular complexity index is 1010. The van der Waals surface area contributed by atoms with Crippen LogP contribution in [0.2, 0.25) is 10.0 Å². The molecule has 0 heterocycles. The molecule has 0 saturated heterocycles. The SMILES string of the molecule is CCOc1cc(CN[C@@H](C)CCc2ccccc2)cc(Br)c1OCc1ccc(Cl)cc1Cl. The number of aryl methyl sites for hydroxylation is 1. The molecule has 3 rings (SSSR count). The van der Waals surface area contributed by atoms with Crippen LogP contribution in [0.1, 0.15) is 37.0 Å². The molecule has 6 heteroatoms. The molecule has 32 heavy (non-hydrogen) atoms. The van der Waals surface area contributed by atoms with Gasteiger partial charge in [-0.15, -0.1) is 0 Å². The zero-order chi connectivity index (χ0) is 22.9. The predicted octanol–water partition coefficient (Wildman–Crippen LogP) is 7.84. The summed E-state index contributed by atoms with van der Waals surface area (Å²) in [6, 6.07) is 20.5. The van der Waals surface area contributed by atoms with Crippen molar-refractivity contribution in [1.29, 1.82) is 0 Å². The smallest absolute Gasteiger partial charge is 0.175 e. The molecule has 0 amide bonds. The Balaban J connectivity index is 1.62. The standard InChI is InChI=1S/C26H28BrCl2NO2/c1-3-31-25-14-20(16-30-18(2)9-10-19-7-5-4-6-8-19)13-23(27)26(25)32-17-21-11-12-22(28)15-24(21)29/h4-8,11-15,18,30H,3,9-10,16-17H2,1-2H3/t18-/m0/s1. The minimum atomic E-state index is 0.322. The Morgan fingerprint density at radius 2 is 1.75 bits per heavy atom. The molecule has 0 aromatic heterocycles. The summed E-state index contributed by atoms with van der Waals surface area (Å²) in [6.45, 7) is 5.80. The Hall–Kier alpha value is -1.72. The molecule has 0 aliphatic carbocycles. The van der Waals surface area contributed by atoms with Gasteiger partial charge >= 0.3 is 0 Å². The van der Waals surface area contributed by atoms with E-state index in [1.54, 1.807) is 12.1 Å². The summed E-state index contributed by atoms with van der Waals surface area (Å²) in [5.41, 5.74) is 3.36. The van der Waals surface area contributed by atoms with Gasteiger partial charge in [0.2, 0.25) is 0 Å². The molecule has 0 aliphatic rings. The van der Waals surface area contributed by atoms with Crippen molar-refractivity contribution in [1.82, 2.24) is 5.32 Å². The second kappa shape index (κ2) is 12.5. The molecule has 3 aromatic carbocycles. The quantitative estimate of drug-likeness (QED) is 0.270. The van der Waals surface area contributed by atoms with Gasteiger partial charge in [0.15, 0.2) is 11.5 Å². The minimum absolute atomic E-state index is 0.322. The average Bonchev–Trinajstić information content (AvgIpc) is 2.78. The number of ether oxygens (including phenoxy) is 2. The van der Waals surface area contributed by atoms with Crippen LogP contribution in [0.25, 0.3) is 0 Å². The van der Waals surface area contributed by atoms with E-state index in [9.17, 15) is 0 Å². The van der Waals surface area contributed by atoms with Gasteiger partial charge in [-0.1, -0.05) is 59.6 Å². The fourth-order valence-corrected chi connectivity index (χ4v) is 4.40. The molecule has 0 aliphatic heterocycles. The zero-order valence-electron chi connectivity index (χ0n) is 18.3. The van der Waals surface area contributed by atoms with E-state index >= 15 is 0 Å². The third-order valence-electron chi connectivity index (χ3n) is 5.12. The van der Waals surface area contributed by atoms with E-state index in [1.165, 1.54) is 5.56 Å². The van der Waals surface area contributed by atoms with Gasteiger partial charge in [-0.25, -0.2) is 0 Å². The van der Waals surface area contributed by atoms with Crippen LogP contribution in [-0.2, 0) is 19.6 Å². The second-order valence-electron chi connectivity index (χ2n) is 7.67. The van der Waals surface area contributed by atoms with E-state index < -0.39 is 0 Å². The van der Waals surface area contributed by atoms with Gasteiger partial charge in [0, 0.05) is 28.2 Å². The van der Waals surface area contributed by atoms with Crippen molar-refractivity contribution in [2.24, 2.45) is 0 Å². The Kier molecular flexibility index (Phi) is 9.73. The highest BCUT2D eigenvalue weighted by atomic mass is 79.9. The van der Waals surface area contributed by atoms with Crippen LogP contribution in [0.4, 0.5) is 0 Å². The van der Waals surface area contributed by atoms with E-state index in [0.29, 0.717) is 40.8 Å². The molecule has 1 N–H and O–H groups in total. The first-order valence-electron chi connectivity index (χ1n) is 10.8. The fraction of sp³-hybridized carbons (Fsp3) is 0.308. The highest BCUT2D eigenvalue weighted by Gasteiger charge is 2.14. The first kappa shape index (κ1) is 24.9. The molecule has 0 bridgehead atoms. The van der Waals surface area contributed by atoms with Crippen molar-refractivity contribution in [2.75, 3.05) is 6.61 Å². The summed E-state index contributed by atoms with van der Waals surface area (Å²) in [5, 5.41) is 4.79. The molecule has 3 nitrogen and oxygen atoms in total. The van der Waals surface area contributed by atoms with Gasteiger partial charge in [0.05, 0.1) is 11.1 Å². The Labute approximate surface area is 209 Å². The first-order valence-corrected chi connectivity index (χ1v) is 12.3. The number of halogens is 3. The summed E-state index contributed by atoms with van der Waals surface area (Å²) in [7, 11) is 0. The summed E-state index contributed by atoms with van der Waals surface area (Å²) in [6.07, 6.45) is 2.13. The molecule has 0 saturated carbocycles. The monoisotopic (exact) mass is 535 g/mol. The van der Waals surface area contributed by atoms with Crippen LogP contribution in [0.15, 0.2) is 65.1 Å². The molecule has 0 radical (unpaired) electrons. The lowest BCUT2D eigenvalue weighted by Crippen LogP contribution is -2.26. The number of rotatable bonds is 11. The van der Waals surface area contributed by atoms with Gasteiger partial charge in [0.25, 0.3) is 0 Å². The molecule has 1 atom stereocenters. The third kappa shape index (κ3) is 7.41. The van der Waals surface area contributed by atoms with Gasteiger partial charge in [-0.3, -0.25) is 0 Å². The molecular weight excluding hydrogens is 509 g/mol. The summed E-state index contributed by atoms with van der Waals surface area (Å²) >= 11 is 15.9. The van der Waals surface area contributed by atoms with Gasteiger partial charge < -0.3 is 14.8 Å². The lowest BCUT2D eigenvalue weighted by molar-refractivity contribution is 0.267. The predicted molar refractivity (Wildman–Crippen MR) is 137 cm³/mol. The number of hydrogen-bond donors (Lipinski definition) is 1. The molecule has 0 unspecified atom stereocenters. The summed E-state index contributed by atoms with van der Waals surface area (Å²) in [5.74, 6) is 1.37. The van der Waals surface area contributed by atoms with Crippen molar-refractivity contribution in [2.45, 2.75) is 45.9 Å². The maximum Gasteiger partial charge on any atom is 0.175 e. The largest absolute Gasteiger partial charge is 0.490 e. The maximum atomic E-state index is 6.28. The fourth-order valence-electron chi connectivity index (χ4n) is 3.34. The van der Waals surface area contributed by atoms with Crippen LogP contribution < -0.4 is 14.8 Å². The second-order valence-corrected chi connectivity index (χ2v) is 9.37. The number of benzene rings is 3. The van der Waals surface area contributed by atoms with Crippen molar-refractivity contribution >= 4 is 39.1 Å².